The zero-order valence-corrected chi connectivity index (χ0v) is 14.2. The summed E-state index contributed by atoms with van der Waals surface area (Å²) in [6.07, 6.45) is 5.60. The van der Waals surface area contributed by atoms with Gasteiger partial charge in [0, 0.05) is 43.0 Å². The van der Waals surface area contributed by atoms with Crippen LogP contribution < -0.4 is 10.9 Å². The average Bonchev–Trinajstić information content (AvgIpc) is 2.61. The number of carbonyl (C=O) groups is 1. The van der Waals surface area contributed by atoms with Crippen molar-refractivity contribution in [1.82, 2.24) is 14.9 Å². The van der Waals surface area contributed by atoms with Crippen LogP contribution in [0.3, 0.4) is 0 Å². The van der Waals surface area contributed by atoms with Crippen molar-refractivity contribution in [3.63, 3.8) is 0 Å². The molecular formula is C19H22N4O2. The predicted octanol–water partition coefficient (Wildman–Crippen LogP) is 2.27. The number of H-pyrrole nitrogens is 1. The van der Waals surface area contributed by atoms with Crippen LogP contribution in [0.15, 0.2) is 54.1 Å². The lowest BCUT2D eigenvalue weighted by Gasteiger charge is -2.43. The van der Waals surface area contributed by atoms with Gasteiger partial charge in [-0.3, -0.25) is 14.6 Å². The molecule has 0 bridgehead atoms. The molecule has 2 N–H and O–H groups in total. The van der Waals surface area contributed by atoms with E-state index in [1.807, 2.05) is 24.3 Å². The molecule has 1 aliphatic rings. The molecule has 2 aromatic rings. The van der Waals surface area contributed by atoms with Crippen LogP contribution in [0, 0.1) is 5.92 Å². The van der Waals surface area contributed by atoms with Crippen LogP contribution in [-0.4, -0.2) is 39.9 Å². The van der Waals surface area contributed by atoms with Crippen LogP contribution in [0.1, 0.15) is 13.3 Å². The number of carbonyl (C=O) groups excluding carboxylic acids is 1. The Morgan fingerprint density at radius 1 is 1.52 bits per heavy atom. The Balaban J connectivity index is 1.74. The van der Waals surface area contributed by atoms with Gasteiger partial charge >= 0.3 is 0 Å². The first-order valence-corrected chi connectivity index (χ1v) is 8.44. The van der Waals surface area contributed by atoms with Crippen LogP contribution in [0.4, 0.5) is 5.69 Å². The largest absolute Gasteiger partial charge is 0.377 e. The maximum atomic E-state index is 12.2. The van der Waals surface area contributed by atoms with E-state index in [1.54, 1.807) is 17.3 Å². The second-order valence-electron chi connectivity index (χ2n) is 6.21. The third-order valence-electron chi connectivity index (χ3n) is 4.61. The minimum Gasteiger partial charge on any atom is -0.377 e. The molecule has 0 aromatic carbocycles. The van der Waals surface area contributed by atoms with Crippen LogP contribution in [0.2, 0.25) is 0 Å². The Labute approximate surface area is 146 Å². The van der Waals surface area contributed by atoms with Crippen molar-refractivity contribution < 1.29 is 4.79 Å². The van der Waals surface area contributed by atoms with Gasteiger partial charge in [-0.1, -0.05) is 19.6 Å². The standard InChI is InChI=1S/C19H22N4O2/c1-3-15(14-11-23(12-14)18(24)4-2)22-17-9-13(10-21-19(17)25)16-7-5-6-8-20-16/h4-10,14-15,22H,2-3,11-12H2,1H3,(H,21,25). The number of pyridine rings is 2. The van der Waals surface area contributed by atoms with E-state index in [9.17, 15) is 9.59 Å². The van der Waals surface area contributed by atoms with Crippen molar-refractivity contribution >= 4 is 11.6 Å². The number of anilines is 1. The summed E-state index contributed by atoms with van der Waals surface area (Å²) < 4.78 is 0. The van der Waals surface area contributed by atoms with Gasteiger partial charge in [0.15, 0.2) is 0 Å². The lowest BCUT2D eigenvalue weighted by Crippen LogP contribution is -2.55. The third-order valence-corrected chi connectivity index (χ3v) is 4.61. The van der Waals surface area contributed by atoms with E-state index in [-0.39, 0.29) is 17.5 Å². The lowest BCUT2D eigenvalue weighted by atomic mass is 9.89. The summed E-state index contributed by atoms with van der Waals surface area (Å²) in [6, 6.07) is 7.63. The van der Waals surface area contributed by atoms with E-state index < -0.39 is 0 Å². The van der Waals surface area contributed by atoms with Crippen molar-refractivity contribution in [2.24, 2.45) is 5.92 Å². The van der Waals surface area contributed by atoms with Crippen LogP contribution in [0.5, 0.6) is 0 Å². The minimum absolute atomic E-state index is 0.0406. The van der Waals surface area contributed by atoms with E-state index in [0.717, 1.165) is 17.7 Å². The van der Waals surface area contributed by atoms with Gasteiger partial charge in [-0.25, -0.2) is 0 Å². The first-order valence-electron chi connectivity index (χ1n) is 8.44. The van der Waals surface area contributed by atoms with Gasteiger partial charge in [0.2, 0.25) is 5.91 Å². The summed E-state index contributed by atoms with van der Waals surface area (Å²) in [5.74, 6) is 0.285. The zero-order chi connectivity index (χ0) is 17.8. The molecule has 6 nitrogen and oxygen atoms in total. The fourth-order valence-corrected chi connectivity index (χ4v) is 3.10. The van der Waals surface area contributed by atoms with Gasteiger partial charge in [-0.05, 0) is 30.7 Å². The quantitative estimate of drug-likeness (QED) is 0.792. The monoisotopic (exact) mass is 338 g/mol. The summed E-state index contributed by atoms with van der Waals surface area (Å²) in [4.78, 5) is 32.6. The molecule has 3 rings (SSSR count). The number of likely N-dealkylation sites (tertiary alicyclic amines) is 1. The first-order chi connectivity index (χ1) is 12.1. The summed E-state index contributed by atoms with van der Waals surface area (Å²) in [7, 11) is 0. The van der Waals surface area contributed by atoms with Gasteiger partial charge in [-0.15, -0.1) is 0 Å². The van der Waals surface area contributed by atoms with Crippen LogP contribution >= 0.6 is 0 Å². The Kier molecular flexibility index (Phi) is 4.97. The number of hydrogen-bond donors (Lipinski definition) is 2. The van der Waals surface area contributed by atoms with Crippen molar-refractivity contribution in [1.29, 1.82) is 0 Å². The molecule has 1 amide bonds. The van der Waals surface area contributed by atoms with Gasteiger partial charge < -0.3 is 15.2 Å². The van der Waals surface area contributed by atoms with Crippen molar-refractivity contribution in [3.8, 4) is 11.3 Å². The lowest BCUT2D eigenvalue weighted by molar-refractivity contribution is -0.132. The molecule has 3 heterocycles. The maximum absolute atomic E-state index is 12.2. The van der Waals surface area contributed by atoms with Crippen molar-refractivity contribution in [3.05, 3.63) is 59.7 Å². The van der Waals surface area contributed by atoms with Crippen molar-refractivity contribution in [2.75, 3.05) is 18.4 Å². The molecular weight excluding hydrogens is 316 g/mol. The topological polar surface area (TPSA) is 78.1 Å². The fraction of sp³-hybridized carbons (Fsp3) is 0.316. The molecule has 0 spiro atoms. The molecule has 130 valence electrons. The summed E-state index contributed by atoms with van der Waals surface area (Å²) >= 11 is 0. The van der Waals surface area contributed by atoms with E-state index in [4.69, 9.17) is 0 Å². The molecule has 1 aliphatic heterocycles. The summed E-state index contributed by atoms with van der Waals surface area (Å²) in [6.45, 7) is 6.97. The van der Waals surface area contributed by atoms with E-state index in [0.29, 0.717) is 24.7 Å². The Hall–Kier alpha value is -2.89. The molecule has 1 atom stereocenters. The SMILES string of the molecule is C=CC(=O)N1CC(C(CC)Nc2cc(-c3ccccn3)c[nH]c2=O)C1. The highest BCUT2D eigenvalue weighted by Crippen LogP contribution is 2.25. The second kappa shape index (κ2) is 7.34. The smallest absolute Gasteiger partial charge is 0.271 e. The number of rotatable bonds is 6. The number of nitrogens with one attached hydrogen (secondary N) is 2. The van der Waals surface area contributed by atoms with Crippen molar-refractivity contribution in [2.45, 2.75) is 19.4 Å². The average molecular weight is 338 g/mol. The van der Waals surface area contributed by atoms with Gasteiger partial charge in [0.1, 0.15) is 5.69 Å². The minimum atomic E-state index is -0.156. The van der Waals surface area contributed by atoms with E-state index in [2.05, 4.69) is 28.8 Å². The summed E-state index contributed by atoms with van der Waals surface area (Å²) in [5.41, 5.74) is 2.04. The Morgan fingerprint density at radius 2 is 2.32 bits per heavy atom. The molecule has 0 radical (unpaired) electrons. The third kappa shape index (κ3) is 3.63. The van der Waals surface area contributed by atoms with Crippen LogP contribution in [0.25, 0.3) is 11.3 Å². The van der Waals surface area contributed by atoms with Gasteiger partial charge in [0.05, 0.1) is 5.69 Å². The molecule has 2 aromatic heterocycles. The maximum Gasteiger partial charge on any atom is 0.271 e. The fourth-order valence-electron chi connectivity index (χ4n) is 3.10. The molecule has 1 saturated heterocycles. The van der Waals surface area contributed by atoms with Gasteiger partial charge in [0.25, 0.3) is 5.56 Å². The first kappa shape index (κ1) is 17.0. The highest BCUT2D eigenvalue weighted by atomic mass is 16.2. The molecule has 6 heteroatoms. The Morgan fingerprint density at radius 3 is 2.96 bits per heavy atom. The number of aromatic nitrogens is 2. The molecule has 25 heavy (non-hydrogen) atoms. The highest BCUT2D eigenvalue weighted by molar-refractivity contribution is 5.87. The number of aromatic amines is 1. The van der Waals surface area contributed by atoms with E-state index >= 15 is 0 Å². The number of amides is 1. The molecule has 0 aliphatic carbocycles. The highest BCUT2D eigenvalue weighted by Gasteiger charge is 2.34. The van der Waals surface area contributed by atoms with Crippen LogP contribution in [-0.2, 0) is 4.79 Å². The summed E-state index contributed by atoms with van der Waals surface area (Å²) in [5, 5.41) is 3.35. The normalized spacial score (nSPS) is 15.3. The van der Waals surface area contributed by atoms with E-state index in [1.165, 1.54) is 6.08 Å². The predicted molar refractivity (Wildman–Crippen MR) is 98.3 cm³/mol. The number of nitrogens with zero attached hydrogens (tertiary/aromatic N) is 2. The van der Waals surface area contributed by atoms with Gasteiger partial charge in [-0.2, -0.15) is 0 Å². The number of hydrogen-bond acceptors (Lipinski definition) is 4. The molecule has 1 unspecified atom stereocenters. The molecule has 1 fully saturated rings. The molecule has 0 saturated carbocycles. The Bertz CT molecular complexity index is 810. The second-order valence-corrected chi connectivity index (χ2v) is 6.21. The zero-order valence-electron chi connectivity index (χ0n) is 14.2.